The standard InChI is InChI=1S/C9H10N6O4/c1-2-14-7(10-5-11-14)4-13-3-6(15(18)19)8(12-13)9(16)17/h3,5H,2,4H2,1H3,(H,16,17). The largest absolute Gasteiger partial charge is 0.476 e. The number of aromatic nitrogens is 5. The van der Waals surface area contributed by atoms with Crippen LogP contribution >= 0.6 is 0 Å². The van der Waals surface area contributed by atoms with E-state index in [-0.39, 0.29) is 6.54 Å². The zero-order valence-electron chi connectivity index (χ0n) is 9.92. The van der Waals surface area contributed by atoms with Gasteiger partial charge in [0.15, 0.2) is 0 Å². The van der Waals surface area contributed by atoms with Crippen LogP contribution in [0.2, 0.25) is 0 Å². The zero-order valence-corrected chi connectivity index (χ0v) is 9.92. The van der Waals surface area contributed by atoms with E-state index in [0.717, 1.165) is 10.9 Å². The molecule has 2 rings (SSSR count). The lowest BCUT2D eigenvalue weighted by Gasteiger charge is -2.01. The van der Waals surface area contributed by atoms with Gasteiger partial charge < -0.3 is 5.11 Å². The third kappa shape index (κ3) is 2.41. The number of aryl methyl sites for hydroxylation is 1. The summed E-state index contributed by atoms with van der Waals surface area (Å²) in [7, 11) is 0. The highest BCUT2D eigenvalue weighted by molar-refractivity contribution is 5.89. The average molecular weight is 266 g/mol. The lowest BCUT2D eigenvalue weighted by molar-refractivity contribution is -0.385. The van der Waals surface area contributed by atoms with E-state index in [9.17, 15) is 14.9 Å². The molecule has 100 valence electrons. The second-order valence-electron chi connectivity index (χ2n) is 3.61. The van der Waals surface area contributed by atoms with Gasteiger partial charge in [-0.3, -0.25) is 14.8 Å². The Morgan fingerprint density at radius 2 is 2.32 bits per heavy atom. The van der Waals surface area contributed by atoms with Gasteiger partial charge in [0.2, 0.25) is 5.69 Å². The van der Waals surface area contributed by atoms with Crippen molar-refractivity contribution in [3.05, 3.63) is 34.2 Å². The molecule has 0 atom stereocenters. The lowest BCUT2D eigenvalue weighted by atomic mass is 10.4. The Labute approximate surface area is 106 Å². The van der Waals surface area contributed by atoms with E-state index in [0.29, 0.717) is 12.4 Å². The molecule has 0 saturated heterocycles. The molecule has 2 aromatic heterocycles. The van der Waals surface area contributed by atoms with Crippen LogP contribution in [0.5, 0.6) is 0 Å². The maximum absolute atomic E-state index is 10.9. The molecule has 0 fully saturated rings. The number of rotatable bonds is 5. The van der Waals surface area contributed by atoms with Crippen molar-refractivity contribution in [3.63, 3.8) is 0 Å². The Bertz CT molecular complexity index is 599. The van der Waals surface area contributed by atoms with Crippen molar-refractivity contribution < 1.29 is 14.8 Å². The van der Waals surface area contributed by atoms with Crippen LogP contribution in [0, 0.1) is 10.1 Å². The third-order valence-electron chi connectivity index (χ3n) is 2.44. The van der Waals surface area contributed by atoms with E-state index in [2.05, 4.69) is 15.2 Å². The van der Waals surface area contributed by atoms with Gasteiger partial charge in [0.05, 0.1) is 4.92 Å². The van der Waals surface area contributed by atoms with Crippen LogP contribution in [0.4, 0.5) is 5.69 Å². The van der Waals surface area contributed by atoms with E-state index >= 15 is 0 Å². The summed E-state index contributed by atoms with van der Waals surface area (Å²) in [4.78, 5) is 24.8. The number of carboxylic acid groups (broad SMARTS) is 1. The van der Waals surface area contributed by atoms with E-state index in [1.807, 2.05) is 6.92 Å². The molecule has 0 aliphatic rings. The first-order valence-corrected chi connectivity index (χ1v) is 5.34. The van der Waals surface area contributed by atoms with Crippen molar-refractivity contribution in [1.29, 1.82) is 0 Å². The highest BCUT2D eigenvalue weighted by atomic mass is 16.6. The first-order chi connectivity index (χ1) is 9.02. The van der Waals surface area contributed by atoms with Crippen molar-refractivity contribution in [2.45, 2.75) is 20.0 Å². The molecule has 2 aromatic rings. The van der Waals surface area contributed by atoms with E-state index in [4.69, 9.17) is 5.11 Å². The Kier molecular flexibility index (Phi) is 3.23. The van der Waals surface area contributed by atoms with Gasteiger partial charge in [0.25, 0.3) is 0 Å². The molecule has 0 aliphatic carbocycles. The van der Waals surface area contributed by atoms with Crippen LogP contribution in [-0.4, -0.2) is 40.5 Å². The van der Waals surface area contributed by atoms with Crippen molar-refractivity contribution in [2.24, 2.45) is 0 Å². The van der Waals surface area contributed by atoms with E-state index in [1.165, 1.54) is 6.33 Å². The molecule has 10 heteroatoms. The number of carbonyl (C=O) groups is 1. The van der Waals surface area contributed by atoms with Gasteiger partial charge in [-0.25, -0.2) is 14.5 Å². The molecule has 0 aromatic carbocycles. The van der Waals surface area contributed by atoms with Gasteiger partial charge in [-0.2, -0.15) is 10.2 Å². The van der Waals surface area contributed by atoms with Crippen LogP contribution in [0.15, 0.2) is 12.5 Å². The molecule has 0 amide bonds. The van der Waals surface area contributed by atoms with Gasteiger partial charge >= 0.3 is 11.7 Å². The Balaban J connectivity index is 2.34. The molecule has 0 saturated carbocycles. The van der Waals surface area contributed by atoms with E-state index < -0.39 is 22.3 Å². The van der Waals surface area contributed by atoms with Crippen LogP contribution in [0.3, 0.4) is 0 Å². The number of nitro groups is 1. The van der Waals surface area contributed by atoms with Crippen molar-refractivity contribution in [2.75, 3.05) is 0 Å². The van der Waals surface area contributed by atoms with E-state index in [1.54, 1.807) is 4.68 Å². The Hall–Kier alpha value is -2.78. The summed E-state index contributed by atoms with van der Waals surface area (Å²) in [5.41, 5.74) is -1.14. The number of hydrogen-bond donors (Lipinski definition) is 1. The third-order valence-corrected chi connectivity index (χ3v) is 2.44. The number of carboxylic acids is 1. The Morgan fingerprint density at radius 3 is 2.84 bits per heavy atom. The number of hydrogen-bond acceptors (Lipinski definition) is 6. The van der Waals surface area contributed by atoms with Crippen LogP contribution in [0.25, 0.3) is 0 Å². The first kappa shape index (κ1) is 12.7. The van der Waals surface area contributed by atoms with Gasteiger partial charge in [-0.05, 0) is 6.92 Å². The van der Waals surface area contributed by atoms with Gasteiger partial charge in [0.1, 0.15) is 24.9 Å². The molecule has 19 heavy (non-hydrogen) atoms. The number of nitrogens with zero attached hydrogens (tertiary/aromatic N) is 6. The minimum atomic E-state index is -1.44. The lowest BCUT2D eigenvalue weighted by Crippen LogP contribution is -2.10. The van der Waals surface area contributed by atoms with Crippen molar-refractivity contribution in [1.82, 2.24) is 24.5 Å². The fourth-order valence-corrected chi connectivity index (χ4v) is 1.60. The quantitative estimate of drug-likeness (QED) is 0.602. The maximum Gasteiger partial charge on any atom is 0.363 e. The highest BCUT2D eigenvalue weighted by Gasteiger charge is 2.25. The molecular formula is C9H10N6O4. The monoisotopic (exact) mass is 266 g/mol. The normalized spacial score (nSPS) is 10.6. The SMILES string of the molecule is CCn1ncnc1Cn1cc([N+](=O)[O-])c(C(=O)O)n1. The molecule has 0 spiro atoms. The van der Waals surface area contributed by atoms with Gasteiger partial charge in [-0.15, -0.1) is 0 Å². The van der Waals surface area contributed by atoms with Crippen LogP contribution in [-0.2, 0) is 13.1 Å². The van der Waals surface area contributed by atoms with Gasteiger partial charge in [-0.1, -0.05) is 0 Å². The predicted molar refractivity (Wildman–Crippen MR) is 60.6 cm³/mol. The molecule has 0 unspecified atom stereocenters. The fraction of sp³-hybridized carbons (Fsp3) is 0.333. The molecule has 10 nitrogen and oxygen atoms in total. The van der Waals surface area contributed by atoms with Crippen molar-refractivity contribution in [3.8, 4) is 0 Å². The molecule has 0 aliphatic heterocycles. The number of aromatic carboxylic acids is 1. The minimum absolute atomic E-state index is 0.113. The molecule has 0 radical (unpaired) electrons. The summed E-state index contributed by atoms with van der Waals surface area (Å²) < 4.78 is 2.76. The average Bonchev–Trinajstić information content (AvgIpc) is 2.95. The summed E-state index contributed by atoms with van der Waals surface area (Å²) in [6, 6.07) is 0. The molecule has 2 heterocycles. The van der Waals surface area contributed by atoms with Gasteiger partial charge in [0, 0.05) is 6.54 Å². The zero-order chi connectivity index (χ0) is 14.0. The molecule has 0 bridgehead atoms. The Morgan fingerprint density at radius 1 is 1.58 bits per heavy atom. The minimum Gasteiger partial charge on any atom is -0.476 e. The van der Waals surface area contributed by atoms with Crippen LogP contribution in [0.1, 0.15) is 23.2 Å². The molecule has 1 N–H and O–H groups in total. The summed E-state index contributed by atoms with van der Waals surface area (Å²) in [5, 5.41) is 27.2. The second kappa shape index (κ2) is 4.84. The topological polar surface area (TPSA) is 129 Å². The maximum atomic E-state index is 10.9. The van der Waals surface area contributed by atoms with Crippen molar-refractivity contribution >= 4 is 11.7 Å². The van der Waals surface area contributed by atoms with Crippen LogP contribution < -0.4 is 0 Å². The summed E-state index contributed by atoms with van der Waals surface area (Å²) in [6.07, 6.45) is 2.42. The predicted octanol–water partition coefficient (Wildman–Crippen LogP) is 0.149. The smallest absolute Gasteiger partial charge is 0.363 e. The summed E-state index contributed by atoms with van der Waals surface area (Å²) >= 11 is 0. The fourth-order valence-electron chi connectivity index (χ4n) is 1.60. The summed E-state index contributed by atoms with van der Waals surface area (Å²) in [5.74, 6) is -0.903. The first-order valence-electron chi connectivity index (χ1n) is 5.34. The second-order valence-corrected chi connectivity index (χ2v) is 3.61. The summed E-state index contributed by atoms with van der Waals surface area (Å²) in [6.45, 7) is 2.57. The highest BCUT2D eigenvalue weighted by Crippen LogP contribution is 2.17. The molecular weight excluding hydrogens is 256 g/mol.